The van der Waals surface area contributed by atoms with Gasteiger partial charge in [-0.05, 0) is 70.2 Å². The van der Waals surface area contributed by atoms with Gasteiger partial charge < -0.3 is 19.7 Å². The summed E-state index contributed by atoms with van der Waals surface area (Å²) in [6.45, 7) is -5.63. The average molecular weight is 586 g/mol. The lowest BCUT2D eigenvalue weighted by Gasteiger charge is -2.16. The number of halogens is 1. The van der Waals surface area contributed by atoms with E-state index >= 15 is 0 Å². The third kappa shape index (κ3) is 7.82. The Morgan fingerprint density at radius 2 is 2.07 bits per heavy atom. The third-order valence-corrected chi connectivity index (χ3v) is 5.21. The fourth-order valence-corrected chi connectivity index (χ4v) is 3.41. The molecule has 4 aromatic rings. The molecule has 0 atom stereocenters. The van der Waals surface area contributed by atoms with Crippen LogP contribution in [0.1, 0.15) is 51.4 Å². The van der Waals surface area contributed by atoms with Crippen LogP contribution in [0.4, 0.5) is 11.4 Å². The number of ketones is 1. The lowest BCUT2D eigenvalue weighted by Crippen LogP contribution is -2.11. The van der Waals surface area contributed by atoms with Crippen molar-refractivity contribution < 1.29 is 36.2 Å². The summed E-state index contributed by atoms with van der Waals surface area (Å²) in [6.07, 6.45) is -1.03. The summed E-state index contributed by atoms with van der Waals surface area (Å²) < 4.78 is 145. The summed E-state index contributed by atoms with van der Waals surface area (Å²) in [5.41, 5.74) is -3.75. The van der Waals surface area contributed by atoms with Crippen molar-refractivity contribution in [1.82, 2.24) is 14.9 Å². The minimum absolute atomic E-state index is 0.114. The molecule has 0 saturated heterocycles. The van der Waals surface area contributed by atoms with Gasteiger partial charge >= 0.3 is 0 Å². The van der Waals surface area contributed by atoms with Crippen LogP contribution >= 0.6 is 11.6 Å². The second-order valence-corrected chi connectivity index (χ2v) is 8.61. The molecule has 0 bridgehead atoms. The summed E-state index contributed by atoms with van der Waals surface area (Å²) in [6, 6.07) is -5.24. The van der Waals surface area contributed by atoms with Gasteiger partial charge in [-0.25, -0.2) is 0 Å². The van der Waals surface area contributed by atoms with Gasteiger partial charge in [0.2, 0.25) is 0 Å². The number of hydrogen-bond donors (Lipinski definition) is 1. The molecular formula is C32H32ClN5O3. The van der Waals surface area contributed by atoms with Crippen LogP contribution < -0.4 is 14.8 Å². The summed E-state index contributed by atoms with van der Waals surface area (Å²) in [5, 5.41) is 11.4. The van der Waals surface area contributed by atoms with Crippen molar-refractivity contribution in [2.24, 2.45) is 0 Å². The van der Waals surface area contributed by atoms with Crippen LogP contribution in [-0.4, -0.2) is 47.8 Å². The minimum atomic E-state index is -3.09. The second-order valence-electron chi connectivity index (χ2n) is 8.23. The molecule has 9 heteroatoms. The van der Waals surface area contributed by atoms with Crippen molar-refractivity contribution in [3.8, 4) is 17.6 Å². The maximum atomic E-state index is 13.3. The van der Waals surface area contributed by atoms with Crippen molar-refractivity contribution in [2.45, 2.75) is 26.8 Å². The first-order valence-corrected chi connectivity index (χ1v) is 12.1. The highest BCUT2D eigenvalue weighted by Gasteiger charge is 2.16. The first-order chi connectivity index (χ1) is 26.1. The number of pyridine rings is 2. The van der Waals surface area contributed by atoms with E-state index in [0.717, 1.165) is 11.8 Å². The van der Waals surface area contributed by atoms with Gasteiger partial charge in [-0.3, -0.25) is 14.8 Å². The van der Waals surface area contributed by atoms with E-state index < -0.39 is 148 Å². The van der Waals surface area contributed by atoms with E-state index in [9.17, 15) is 10.1 Å². The number of rotatable bonds is 12. The molecule has 8 nitrogen and oxygen atoms in total. The SMILES string of the molecule is [2H]/C(=C\C([2H])([2H])N(C)C)C(=O)Cc1c(OC([2H])([2H])C)c([2H])c2nc([2H])c(C#N)c(Nc3c([2H])c([2H])c(OC([2H])([2H])c4nc(C)c([2H])c([2H])c4[2H])c(Cl)c3[2H])c2c1[2H]. The second kappa shape index (κ2) is 13.8. The molecule has 2 heterocycles. The molecule has 4 rings (SSSR count). The first-order valence-electron chi connectivity index (χ1n) is 19.7. The fraction of sp³-hybridized carbons (Fsp3) is 0.250. The number of nitrogens with zero attached hydrogens (tertiary/aromatic N) is 4. The van der Waals surface area contributed by atoms with Crippen LogP contribution in [0.25, 0.3) is 10.9 Å². The fourth-order valence-electron chi connectivity index (χ4n) is 3.22. The predicted octanol–water partition coefficient (Wildman–Crippen LogP) is 6.41. The quantitative estimate of drug-likeness (QED) is 0.190. The van der Waals surface area contributed by atoms with Crippen molar-refractivity contribution in [1.29, 1.82) is 5.26 Å². The Morgan fingerprint density at radius 3 is 2.83 bits per heavy atom. The van der Waals surface area contributed by atoms with Crippen molar-refractivity contribution in [3.05, 3.63) is 94.2 Å². The number of nitriles is 1. The molecule has 0 aliphatic rings. The Balaban J connectivity index is 1.99. The minimum Gasteiger partial charge on any atom is -0.494 e. The molecule has 41 heavy (non-hydrogen) atoms. The molecule has 210 valence electrons. The maximum Gasteiger partial charge on any atom is 0.159 e. The largest absolute Gasteiger partial charge is 0.494 e. The van der Waals surface area contributed by atoms with E-state index in [4.69, 9.17) is 43.0 Å². The average Bonchev–Trinajstić information content (AvgIpc) is 3.10. The van der Waals surface area contributed by atoms with E-state index in [1.54, 1.807) is 6.07 Å². The van der Waals surface area contributed by atoms with Crippen LogP contribution in [0.3, 0.4) is 0 Å². The van der Waals surface area contributed by atoms with Gasteiger partial charge in [0.25, 0.3) is 0 Å². The zero-order chi connectivity index (χ0) is 43.4. The molecule has 0 aliphatic heterocycles. The number of hydrogen-bond acceptors (Lipinski definition) is 8. The molecule has 0 unspecified atom stereocenters. The predicted molar refractivity (Wildman–Crippen MR) is 162 cm³/mol. The van der Waals surface area contributed by atoms with Gasteiger partial charge in [-0.2, -0.15) is 5.26 Å². The van der Waals surface area contributed by atoms with Crippen LogP contribution in [0.5, 0.6) is 11.5 Å². The third-order valence-electron chi connectivity index (χ3n) is 4.95. The van der Waals surface area contributed by atoms with Gasteiger partial charge in [-0.1, -0.05) is 23.7 Å². The molecule has 0 aliphatic carbocycles. The molecule has 0 saturated carbocycles. The van der Waals surface area contributed by atoms with Crippen LogP contribution in [0, 0.1) is 18.3 Å². The monoisotopic (exact) mass is 585 g/mol. The smallest absolute Gasteiger partial charge is 0.159 e. The van der Waals surface area contributed by atoms with E-state index in [2.05, 4.69) is 15.3 Å². The zero-order valence-corrected chi connectivity index (χ0v) is 22.9. The Labute approximate surface area is 267 Å². The first kappa shape index (κ1) is 15.0. The van der Waals surface area contributed by atoms with Crippen LogP contribution in [0.2, 0.25) is 5.02 Å². The van der Waals surface area contributed by atoms with E-state index in [0.29, 0.717) is 6.08 Å². The van der Waals surface area contributed by atoms with Crippen LogP contribution in [0.15, 0.2) is 66.6 Å². The van der Waals surface area contributed by atoms with Gasteiger partial charge in [0.05, 0.1) is 53.2 Å². The summed E-state index contributed by atoms with van der Waals surface area (Å²) >= 11 is 6.42. The molecule has 2 aromatic heterocycles. The lowest BCUT2D eigenvalue weighted by atomic mass is 10.0. The van der Waals surface area contributed by atoms with Crippen molar-refractivity contribution >= 4 is 39.7 Å². The van der Waals surface area contributed by atoms with E-state index in [1.165, 1.54) is 21.0 Å². The Morgan fingerprint density at radius 1 is 1.24 bits per heavy atom. The highest BCUT2D eigenvalue weighted by Crippen LogP contribution is 2.36. The van der Waals surface area contributed by atoms with Gasteiger partial charge in [0.1, 0.15) is 24.1 Å². The normalized spacial score (nSPS) is 18.0. The topological polar surface area (TPSA) is 100 Å². The van der Waals surface area contributed by atoms with Crippen molar-refractivity contribution in [3.63, 3.8) is 0 Å². The number of aromatic nitrogens is 2. The Hall–Kier alpha value is -4.45. The van der Waals surface area contributed by atoms with Crippen molar-refractivity contribution in [2.75, 3.05) is 32.5 Å². The van der Waals surface area contributed by atoms with Crippen LogP contribution in [-0.2, 0) is 17.8 Å². The lowest BCUT2D eigenvalue weighted by molar-refractivity contribution is -0.114. The number of anilines is 2. The standard InChI is InChI=1S/C32H32ClN5O3/c1-5-40-31-17-29-27(15-22(31)14-26(39)10-7-13-38(3)4)32(23(18-34)19-35-29)37-24-11-12-30(28(33)16-24)41-20-25-9-6-8-21(2)36-25/h6-12,15-17,19H,5,13-14,20H2,1-4H3,(H,35,37)/b10-7+/i5D2,6D,8D,9D,10D,11D,12D,13D2,15D,16D,17D,19D,20D2. The molecular weight excluding hydrogens is 538 g/mol. The van der Waals surface area contributed by atoms with Gasteiger partial charge in [0.15, 0.2) is 5.78 Å². The molecule has 0 spiro atoms. The Bertz CT molecular complexity index is 2390. The number of fused-ring (bicyclic) bond motifs is 1. The number of ether oxygens (including phenoxy) is 2. The van der Waals surface area contributed by atoms with E-state index in [1.807, 2.05) is 0 Å². The number of allylic oxidation sites excluding steroid dienone is 1. The number of carbonyl (C=O) groups is 1. The number of nitrogens with one attached hydrogen (secondary N) is 1. The number of aryl methyl sites for hydroxylation is 1. The van der Waals surface area contributed by atoms with Gasteiger partial charge in [-0.15, -0.1) is 0 Å². The van der Waals surface area contributed by atoms with Gasteiger partial charge in [0, 0.05) is 50.2 Å². The molecule has 0 fully saturated rings. The maximum absolute atomic E-state index is 13.3. The molecule has 0 radical (unpaired) electrons. The molecule has 1 N–H and O–H groups in total. The summed E-state index contributed by atoms with van der Waals surface area (Å²) in [4.78, 5) is 22.2. The highest BCUT2D eigenvalue weighted by atomic mass is 35.5. The Kier molecular flexibility index (Phi) is 5.02. The summed E-state index contributed by atoms with van der Waals surface area (Å²) in [5.74, 6) is -2.65. The molecule has 0 amide bonds. The summed E-state index contributed by atoms with van der Waals surface area (Å²) in [7, 11) is 2.72. The molecule has 2 aromatic carbocycles. The number of likely N-dealkylation sites (N-methyl/N-ethyl adjacent to an activating group) is 1. The highest BCUT2D eigenvalue weighted by molar-refractivity contribution is 6.32. The number of carbonyl (C=O) groups excluding carboxylic acids is 1. The number of benzene rings is 2. The zero-order valence-electron chi connectivity index (χ0n) is 38.2. The van der Waals surface area contributed by atoms with E-state index in [-0.39, 0.29) is 5.69 Å².